The van der Waals surface area contributed by atoms with Crippen molar-refractivity contribution in [3.05, 3.63) is 89.2 Å². The SMILES string of the molecule is CCOc1cccc(N2CCN(C(=O)c3ccc4c(c3)nc(CCc3ccc(C(N)=NO)cc3)n4C)CC2)c1. The molecule has 1 saturated heterocycles. The van der Waals surface area contributed by atoms with Gasteiger partial charge in [-0.15, -0.1) is 0 Å². The lowest BCUT2D eigenvalue weighted by atomic mass is 10.1. The fraction of sp³-hybridized carbons (Fsp3) is 0.300. The molecule has 1 fully saturated rings. The van der Waals surface area contributed by atoms with Gasteiger partial charge in [0.25, 0.3) is 5.91 Å². The summed E-state index contributed by atoms with van der Waals surface area (Å²) in [7, 11) is 2.01. The van der Waals surface area contributed by atoms with Crippen LogP contribution in [0.3, 0.4) is 0 Å². The van der Waals surface area contributed by atoms with Crippen molar-refractivity contribution >= 4 is 28.5 Å². The first-order valence-electron chi connectivity index (χ1n) is 13.3. The van der Waals surface area contributed by atoms with Crippen molar-refractivity contribution in [2.24, 2.45) is 17.9 Å². The highest BCUT2D eigenvalue weighted by molar-refractivity contribution is 5.98. The summed E-state index contributed by atoms with van der Waals surface area (Å²) in [5, 5.41) is 11.9. The number of rotatable bonds is 8. The number of hydrogen-bond donors (Lipinski definition) is 2. The second-order valence-corrected chi connectivity index (χ2v) is 9.68. The minimum Gasteiger partial charge on any atom is -0.494 e. The van der Waals surface area contributed by atoms with Crippen LogP contribution < -0.4 is 15.4 Å². The van der Waals surface area contributed by atoms with Gasteiger partial charge in [-0.3, -0.25) is 4.79 Å². The number of aryl methyl sites for hydroxylation is 3. The number of fused-ring (bicyclic) bond motifs is 1. The van der Waals surface area contributed by atoms with E-state index in [4.69, 9.17) is 20.7 Å². The Kier molecular flexibility index (Phi) is 7.67. The summed E-state index contributed by atoms with van der Waals surface area (Å²) in [6.07, 6.45) is 1.56. The maximum Gasteiger partial charge on any atom is 0.254 e. The Balaban J connectivity index is 1.23. The second-order valence-electron chi connectivity index (χ2n) is 9.68. The molecule has 1 aliphatic heterocycles. The highest BCUT2D eigenvalue weighted by Gasteiger charge is 2.23. The predicted molar refractivity (Wildman–Crippen MR) is 153 cm³/mol. The normalized spacial score (nSPS) is 14.2. The zero-order valence-electron chi connectivity index (χ0n) is 22.4. The Morgan fingerprint density at radius 1 is 1.00 bits per heavy atom. The smallest absolute Gasteiger partial charge is 0.254 e. The first-order chi connectivity index (χ1) is 19.0. The molecule has 0 spiro atoms. The van der Waals surface area contributed by atoms with Crippen LogP contribution in [0.15, 0.2) is 71.9 Å². The molecule has 1 aliphatic rings. The molecule has 0 radical (unpaired) electrons. The molecule has 0 unspecified atom stereocenters. The van der Waals surface area contributed by atoms with Gasteiger partial charge in [-0.1, -0.05) is 35.5 Å². The summed E-state index contributed by atoms with van der Waals surface area (Å²) in [6, 6.07) is 21.6. The quantitative estimate of drug-likeness (QED) is 0.156. The van der Waals surface area contributed by atoms with Crippen molar-refractivity contribution in [3.8, 4) is 5.75 Å². The highest BCUT2D eigenvalue weighted by Crippen LogP contribution is 2.24. The van der Waals surface area contributed by atoms with E-state index in [-0.39, 0.29) is 11.7 Å². The minimum atomic E-state index is 0.0394. The van der Waals surface area contributed by atoms with Crippen LogP contribution in [-0.2, 0) is 19.9 Å². The molecule has 0 bridgehead atoms. The zero-order valence-corrected chi connectivity index (χ0v) is 22.4. The van der Waals surface area contributed by atoms with Gasteiger partial charge in [-0.25, -0.2) is 4.98 Å². The highest BCUT2D eigenvalue weighted by atomic mass is 16.5. The monoisotopic (exact) mass is 526 g/mol. The van der Waals surface area contributed by atoms with Gasteiger partial charge in [-0.05, 0) is 49.2 Å². The molecule has 9 nitrogen and oxygen atoms in total. The molecule has 0 atom stereocenters. The number of benzene rings is 3. The fourth-order valence-electron chi connectivity index (χ4n) is 5.05. The maximum atomic E-state index is 13.3. The molecule has 202 valence electrons. The Bertz CT molecular complexity index is 1490. The molecule has 1 aromatic heterocycles. The molecule has 9 heteroatoms. The van der Waals surface area contributed by atoms with Crippen LogP contribution in [0.5, 0.6) is 5.75 Å². The summed E-state index contributed by atoms with van der Waals surface area (Å²) in [6.45, 7) is 5.50. The van der Waals surface area contributed by atoms with E-state index in [1.165, 1.54) is 0 Å². The molecule has 3 N–H and O–H groups in total. The summed E-state index contributed by atoms with van der Waals surface area (Å²) in [4.78, 5) is 22.4. The van der Waals surface area contributed by atoms with Crippen LogP contribution in [0, 0.1) is 0 Å². The molecule has 0 saturated carbocycles. The lowest BCUT2D eigenvalue weighted by Crippen LogP contribution is -2.48. The van der Waals surface area contributed by atoms with E-state index in [0.717, 1.165) is 59.8 Å². The van der Waals surface area contributed by atoms with Crippen molar-refractivity contribution < 1.29 is 14.7 Å². The number of ether oxygens (including phenoxy) is 1. The summed E-state index contributed by atoms with van der Waals surface area (Å²) >= 11 is 0. The van der Waals surface area contributed by atoms with E-state index in [1.54, 1.807) is 0 Å². The molecule has 5 rings (SSSR count). The number of anilines is 1. The van der Waals surface area contributed by atoms with Crippen LogP contribution in [0.2, 0.25) is 0 Å². The lowest BCUT2D eigenvalue weighted by molar-refractivity contribution is 0.0747. The molecule has 39 heavy (non-hydrogen) atoms. The number of aromatic nitrogens is 2. The topological polar surface area (TPSA) is 109 Å². The molecule has 2 heterocycles. The molecular weight excluding hydrogens is 492 g/mol. The largest absolute Gasteiger partial charge is 0.494 e. The number of amides is 1. The molecule has 4 aromatic rings. The number of imidazole rings is 1. The van der Waals surface area contributed by atoms with E-state index in [0.29, 0.717) is 30.8 Å². The number of carbonyl (C=O) groups excluding carboxylic acids is 1. The van der Waals surface area contributed by atoms with Crippen LogP contribution in [-0.4, -0.2) is 64.2 Å². The third-order valence-electron chi connectivity index (χ3n) is 7.28. The number of piperazine rings is 1. The molecule has 3 aromatic carbocycles. The van der Waals surface area contributed by atoms with E-state index in [1.807, 2.05) is 73.5 Å². The fourth-order valence-corrected chi connectivity index (χ4v) is 5.05. The van der Waals surface area contributed by atoms with Crippen molar-refractivity contribution in [1.29, 1.82) is 0 Å². The van der Waals surface area contributed by atoms with Crippen LogP contribution >= 0.6 is 0 Å². The van der Waals surface area contributed by atoms with Gasteiger partial charge < -0.3 is 30.0 Å². The Morgan fingerprint density at radius 3 is 2.46 bits per heavy atom. The van der Waals surface area contributed by atoms with Gasteiger partial charge >= 0.3 is 0 Å². The van der Waals surface area contributed by atoms with E-state index >= 15 is 0 Å². The number of oxime groups is 1. The third kappa shape index (κ3) is 5.67. The van der Waals surface area contributed by atoms with Crippen LogP contribution in [0.1, 0.15) is 34.2 Å². The van der Waals surface area contributed by atoms with Gasteiger partial charge in [0, 0.05) is 62.5 Å². The Labute approximate surface area is 228 Å². The summed E-state index contributed by atoms with van der Waals surface area (Å²) < 4.78 is 7.73. The van der Waals surface area contributed by atoms with Gasteiger partial charge in [0.1, 0.15) is 11.6 Å². The maximum absolute atomic E-state index is 13.3. The van der Waals surface area contributed by atoms with Crippen molar-refractivity contribution in [3.63, 3.8) is 0 Å². The van der Waals surface area contributed by atoms with E-state index in [9.17, 15) is 4.79 Å². The van der Waals surface area contributed by atoms with Gasteiger partial charge in [-0.2, -0.15) is 0 Å². The first kappa shape index (κ1) is 26.1. The average molecular weight is 527 g/mol. The van der Waals surface area contributed by atoms with Crippen LogP contribution in [0.25, 0.3) is 11.0 Å². The Morgan fingerprint density at radius 2 is 1.74 bits per heavy atom. The zero-order chi connectivity index (χ0) is 27.4. The van der Waals surface area contributed by atoms with Crippen LogP contribution in [0.4, 0.5) is 5.69 Å². The van der Waals surface area contributed by atoms with E-state index < -0.39 is 0 Å². The first-order valence-corrected chi connectivity index (χ1v) is 13.3. The van der Waals surface area contributed by atoms with Gasteiger partial charge in [0.05, 0.1) is 17.6 Å². The summed E-state index contributed by atoms with van der Waals surface area (Å²) in [5.74, 6) is 1.96. The molecular formula is C30H34N6O3. The third-order valence-corrected chi connectivity index (χ3v) is 7.28. The molecule has 0 aliphatic carbocycles. The molecule has 1 amide bonds. The second kappa shape index (κ2) is 11.5. The van der Waals surface area contributed by atoms with E-state index in [2.05, 4.69) is 26.8 Å². The number of amidine groups is 1. The minimum absolute atomic E-state index is 0.0394. The Hall–Kier alpha value is -4.53. The van der Waals surface area contributed by atoms with Gasteiger partial charge in [0.15, 0.2) is 5.84 Å². The van der Waals surface area contributed by atoms with Crippen molar-refractivity contribution in [2.45, 2.75) is 19.8 Å². The van der Waals surface area contributed by atoms with Crippen molar-refractivity contribution in [1.82, 2.24) is 14.5 Å². The lowest BCUT2D eigenvalue weighted by Gasteiger charge is -2.36. The van der Waals surface area contributed by atoms with Crippen molar-refractivity contribution in [2.75, 3.05) is 37.7 Å². The number of hydrogen-bond acceptors (Lipinski definition) is 6. The standard InChI is InChI=1S/C30H34N6O3/c1-3-39-25-6-4-5-24(20-25)35-15-17-36(18-16-35)30(37)23-12-13-27-26(19-23)32-28(34(27)2)14-9-21-7-10-22(11-8-21)29(31)33-38/h4-8,10-13,19-20,38H,3,9,14-18H2,1-2H3,(H2,31,33). The van der Waals surface area contributed by atoms with Gasteiger partial charge in [0.2, 0.25) is 0 Å². The number of nitrogens with two attached hydrogens (primary N) is 1. The summed E-state index contributed by atoms with van der Waals surface area (Å²) in [5.41, 5.74) is 11.1. The predicted octanol–water partition coefficient (Wildman–Crippen LogP) is 3.81. The average Bonchev–Trinajstić information content (AvgIpc) is 3.30. The number of nitrogens with zero attached hydrogens (tertiary/aromatic N) is 5. The number of carbonyl (C=O) groups is 1.